The van der Waals surface area contributed by atoms with Gasteiger partial charge in [-0.05, 0) is 61.4 Å². The van der Waals surface area contributed by atoms with Crippen molar-refractivity contribution in [3.63, 3.8) is 0 Å². The maximum atomic E-state index is 14.0. The number of morpholine rings is 1. The van der Waals surface area contributed by atoms with Crippen LogP contribution < -0.4 is 31.3 Å². The summed E-state index contributed by atoms with van der Waals surface area (Å²) in [5.41, 5.74) is 0.443. The number of nitrogens with one attached hydrogen (secondary N) is 6. The summed E-state index contributed by atoms with van der Waals surface area (Å²) in [6.07, 6.45) is -1.39. The van der Waals surface area contributed by atoms with Crippen LogP contribution in [0.5, 0.6) is 11.6 Å². The molecule has 1 aliphatic heterocycles. The van der Waals surface area contributed by atoms with E-state index in [2.05, 4.69) is 41.5 Å². The van der Waals surface area contributed by atoms with Gasteiger partial charge in [0.1, 0.15) is 11.6 Å². The number of rotatable bonds is 15. The minimum Gasteiger partial charge on any atom is -0.438 e. The van der Waals surface area contributed by atoms with Gasteiger partial charge in [0.05, 0.1) is 31.6 Å². The fourth-order valence-electron chi connectivity index (χ4n) is 6.50. The molecule has 0 spiro atoms. The predicted molar refractivity (Wildman–Crippen MR) is 241 cm³/mol. The van der Waals surface area contributed by atoms with Gasteiger partial charge in [-0.25, -0.2) is 9.78 Å². The number of hydrogen-bond donors (Lipinski definition) is 6. The number of urea groups is 1. The van der Waals surface area contributed by atoms with Crippen molar-refractivity contribution in [3.05, 3.63) is 120 Å². The Labute approximate surface area is 363 Å². The second-order valence-electron chi connectivity index (χ2n) is 16.5. The lowest BCUT2D eigenvalue weighted by Crippen LogP contribution is -2.41. The zero-order valence-electron chi connectivity index (χ0n) is 35.7. The van der Waals surface area contributed by atoms with Crippen LogP contribution >= 0.6 is 7.14 Å². The van der Waals surface area contributed by atoms with Gasteiger partial charge in [0.25, 0.3) is 5.91 Å². The van der Waals surface area contributed by atoms with Gasteiger partial charge in [-0.2, -0.15) is 18.2 Å². The first kappa shape index (κ1) is 46.2. The number of carbonyl (C=O) groups excluding carboxylic acids is 2. The zero-order chi connectivity index (χ0) is 45.4. The average Bonchev–Trinajstić information content (AvgIpc) is 3.21. The number of aromatic nitrogens is 2. The maximum Gasteiger partial charge on any atom is 0.416 e. The van der Waals surface area contributed by atoms with E-state index in [1.54, 1.807) is 55.8 Å². The second kappa shape index (κ2) is 19.8. The summed E-state index contributed by atoms with van der Waals surface area (Å²) in [4.78, 5) is 37.2. The molecule has 0 radical (unpaired) electrons. The van der Waals surface area contributed by atoms with Gasteiger partial charge in [0.15, 0.2) is 0 Å². The lowest BCUT2D eigenvalue weighted by molar-refractivity contribution is -0.137. The van der Waals surface area contributed by atoms with E-state index in [0.29, 0.717) is 66.9 Å². The lowest BCUT2D eigenvalue weighted by atomic mass is 9.90. The van der Waals surface area contributed by atoms with Gasteiger partial charge < -0.3 is 40.7 Å². The highest BCUT2D eigenvalue weighted by Crippen LogP contribution is 2.41. The Hall–Kier alpha value is -6.29. The van der Waals surface area contributed by atoms with Crippen molar-refractivity contribution in [2.45, 2.75) is 33.1 Å². The number of allylic oxidation sites excluding steroid dienone is 1. The van der Waals surface area contributed by atoms with Crippen molar-refractivity contribution < 1.29 is 36.8 Å². The molecule has 5 aromatic rings. The zero-order valence-corrected chi connectivity index (χ0v) is 36.5. The largest absolute Gasteiger partial charge is 0.438 e. The molecule has 18 heteroatoms. The van der Waals surface area contributed by atoms with Crippen LogP contribution in [0.4, 0.5) is 41.0 Å². The summed E-state index contributed by atoms with van der Waals surface area (Å²) in [5.74, 6) is -0.0560. The van der Waals surface area contributed by atoms with Crippen LogP contribution in [0.2, 0.25) is 0 Å². The minimum absolute atomic E-state index is 0.0547. The standard InChI is InChI=1S/C45H51F3N9O5P/c1-44(2,3)38(49)27-39(52-32-10-8-9-29(23-32)28-63(4,5)60)55-43(59)54-36-13-14-37(35-12-7-6-11-34(35)36)62-40-15-16-51-42(56-40)53-33-25-30(24-31(26-33)45(46,47)48)41(58)50-17-18-57-19-21-61-22-20-57/h6-16,23-27,49,52H,17-22,28H2,1-5H3,(H,50,58)(H,51,53,56)(H2,54,55,59)/b39-27+,49-38?. The summed E-state index contributed by atoms with van der Waals surface area (Å²) in [7, 11) is -2.34. The number of nitrogens with zero attached hydrogens (tertiary/aromatic N) is 3. The Balaban J connectivity index is 1.17. The summed E-state index contributed by atoms with van der Waals surface area (Å²) < 4.78 is 65.9. The maximum absolute atomic E-state index is 14.0. The number of benzene rings is 4. The van der Waals surface area contributed by atoms with E-state index < -0.39 is 36.2 Å². The molecule has 0 unspecified atom stereocenters. The minimum atomic E-state index is -4.73. The Morgan fingerprint density at radius 2 is 1.67 bits per heavy atom. The third-order valence-electron chi connectivity index (χ3n) is 9.69. The molecule has 1 saturated heterocycles. The van der Waals surface area contributed by atoms with Crippen molar-refractivity contribution in [1.82, 2.24) is 25.5 Å². The van der Waals surface area contributed by atoms with Crippen molar-refractivity contribution in [2.75, 3.05) is 68.7 Å². The van der Waals surface area contributed by atoms with Crippen LogP contribution in [0.1, 0.15) is 42.3 Å². The van der Waals surface area contributed by atoms with E-state index in [9.17, 15) is 27.3 Å². The van der Waals surface area contributed by atoms with Crippen LogP contribution in [-0.4, -0.2) is 85.2 Å². The topological polar surface area (TPSA) is 183 Å². The Morgan fingerprint density at radius 1 is 0.921 bits per heavy atom. The van der Waals surface area contributed by atoms with Crippen LogP contribution in [0.3, 0.4) is 0 Å². The van der Waals surface area contributed by atoms with E-state index >= 15 is 0 Å². The molecule has 63 heavy (non-hydrogen) atoms. The fraction of sp³-hybridized carbons (Fsp3) is 0.311. The van der Waals surface area contributed by atoms with Gasteiger partial charge in [-0.15, -0.1) is 0 Å². The van der Waals surface area contributed by atoms with Crippen molar-refractivity contribution in [3.8, 4) is 11.6 Å². The highest BCUT2D eigenvalue weighted by molar-refractivity contribution is 7.61. The molecule has 1 aromatic heterocycles. The van der Waals surface area contributed by atoms with E-state index in [1.807, 2.05) is 45.0 Å². The normalized spacial score (nSPS) is 13.9. The molecule has 1 aliphatic rings. The Bertz CT molecular complexity index is 2550. The van der Waals surface area contributed by atoms with E-state index in [0.717, 1.165) is 17.7 Å². The number of anilines is 4. The first-order valence-electron chi connectivity index (χ1n) is 20.2. The molecule has 0 atom stereocenters. The monoisotopic (exact) mass is 885 g/mol. The smallest absolute Gasteiger partial charge is 0.416 e. The van der Waals surface area contributed by atoms with Crippen molar-refractivity contribution in [2.24, 2.45) is 5.41 Å². The molecule has 14 nitrogen and oxygen atoms in total. The third-order valence-corrected chi connectivity index (χ3v) is 10.8. The molecule has 6 rings (SSSR count). The molecule has 1 fully saturated rings. The summed E-state index contributed by atoms with van der Waals surface area (Å²) in [6, 6.07) is 21.7. The van der Waals surface area contributed by atoms with Gasteiger partial charge in [-0.3, -0.25) is 15.0 Å². The number of halogens is 3. The molecular formula is C45H51F3N9O5P. The third kappa shape index (κ3) is 13.6. The number of alkyl halides is 3. The van der Waals surface area contributed by atoms with E-state index in [4.69, 9.17) is 14.9 Å². The van der Waals surface area contributed by atoms with Crippen molar-refractivity contribution >= 4 is 58.6 Å². The van der Waals surface area contributed by atoms with Crippen molar-refractivity contribution in [1.29, 1.82) is 5.41 Å². The van der Waals surface area contributed by atoms with Gasteiger partial charge in [-0.1, -0.05) is 57.2 Å². The average molecular weight is 886 g/mol. The summed E-state index contributed by atoms with van der Waals surface area (Å²) in [6.45, 7) is 12.5. The summed E-state index contributed by atoms with van der Waals surface area (Å²) >= 11 is 0. The first-order chi connectivity index (χ1) is 29.8. The van der Waals surface area contributed by atoms with Crippen LogP contribution in [0.15, 0.2) is 103 Å². The van der Waals surface area contributed by atoms with E-state index in [1.165, 1.54) is 18.3 Å². The SMILES string of the molecule is CC(C)(C)C(=N)/C=C(/NC(=O)Nc1ccc(Oc2ccnc(Nc3cc(C(=O)NCCN4CCOCC4)cc(C(F)(F)F)c3)n2)c2ccccc12)Nc1cccc(CP(C)(C)=O)c1. The highest BCUT2D eigenvalue weighted by atomic mass is 31.2. The highest BCUT2D eigenvalue weighted by Gasteiger charge is 2.32. The Morgan fingerprint density at radius 3 is 2.38 bits per heavy atom. The predicted octanol–water partition coefficient (Wildman–Crippen LogP) is 9.51. The quantitative estimate of drug-likeness (QED) is 0.0438. The molecule has 4 aromatic carbocycles. The van der Waals surface area contributed by atoms with Gasteiger partial charge in [0.2, 0.25) is 11.8 Å². The number of ether oxygens (including phenoxy) is 2. The lowest BCUT2D eigenvalue weighted by Gasteiger charge is -2.26. The van der Waals surface area contributed by atoms with Crippen LogP contribution in [-0.2, 0) is 21.6 Å². The molecule has 0 bridgehead atoms. The Kier molecular flexibility index (Phi) is 14.5. The van der Waals surface area contributed by atoms with Crippen LogP contribution in [0, 0.1) is 10.8 Å². The molecule has 6 N–H and O–H groups in total. The molecule has 3 amide bonds. The molecule has 0 saturated carbocycles. The van der Waals surface area contributed by atoms with E-state index in [-0.39, 0.29) is 41.2 Å². The molecule has 2 heterocycles. The fourth-order valence-corrected chi connectivity index (χ4v) is 7.58. The van der Waals surface area contributed by atoms with Gasteiger partial charge in [0, 0.05) is 89.5 Å². The second-order valence-corrected chi connectivity index (χ2v) is 19.9. The number of hydrogen-bond acceptors (Lipinski definition) is 11. The number of amides is 3. The summed E-state index contributed by atoms with van der Waals surface area (Å²) in [5, 5.41) is 24.3. The van der Waals surface area contributed by atoms with Crippen LogP contribution in [0.25, 0.3) is 10.8 Å². The van der Waals surface area contributed by atoms with Gasteiger partial charge >= 0.3 is 12.2 Å². The number of fused-ring (bicyclic) bond motifs is 1. The number of carbonyl (C=O) groups is 2. The molecule has 0 aliphatic carbocycles. The molecular weight excluding hydrogens is 835 g/mol. The first-order valence-corrected chi connectivity index (χ1v) is 23.0. The molecule has 332 valence electrons.